The van der Waals surface area contributed by atoms with E-state index >= 15 is 0 Å². The molecule has 1 rings (SSSR count). The van der Waals surface area contributed by atoms with Gasteiger partial charge in [0.25, 0.3) is 0 Å². The molecule has 62 valence electrons. The molecule has 1 aromatic carbocycles. The van der Waals surface area contributed by atoms with Gasteiger partial charge in [0, 0.05) is 0 Å². The molecule has 0 heterocycles. The highest BCUT2D eigenvalue weighted by Gasteiger charge is 1.62. The lowest BCUT2D eigenvalue weighted by molar-refractivity contribution is -0.114. The molecule has 1 aromatic rings. The fourth-order valence-corrected chi connectivity index (χ4v) is 0.385. The Bertz CT molecular complexity index is 139. The number of ketones is 1. The zero-order valence-electron chi connectivity index (χ0n) is 6.87. The van der Waals surface area contributed by atoms with Crippen LogP contribution in [-0.2, 0) is 4.79 Å². The van der Waals surface area contributed by atoms with Gasteiger partial charge in [-0.3, -0.25) is 0 Å². The van der Waals surface area contributed by atoms with Crippen LogP contribution in [0.1, 0.15) is 13.8 Å². The van der Waals surface area contributed by atoms with Gasteiger partial charge in [0.15, 0.2) is 0 Å². The van der Waals surface area contributed by atoms with Gasteiger partial charge in [-0.15, -0.1) is 0 Å². The summed E-state index contributed by atoms with van der Waals surface area (Å²) in [6.07, 6.45) is 0. The second-order valence-electron chi connectivity index (χ2n) is 2.06. The lowest BCUT2D eigenvalue weighted by Gasteiger charge is -1.69. The Hall–Kier alpha value is -1.15. The van der Waals surface area contributed by atoms with Crippen LogP contribution in [0.4, 0.5) is 0 Å². The van der Waals surface area contributed by atoms with Crippen LogP contribution >= 0.6 is 0 Å². The third kappa shape index (κ3) is 17.7. The minimum atomic E-state index is 0. The van der Waals surface area contributed by atoms with Crippen LogP contribution in [0.15, 0.2) is 36.4 Å². The third-order valence-electron chi connectivity index (χ3n) is 0.667. The number of carbonyl (C=O) groups excluding carboxylic acids is 1. The Kier molecular flexibility index (Phi) is 10.1. The van der Waals surface area contributed by atoms with Crippen LogP contribution in [-0.4, -0.2) is 11.3 Å². The molecule has 0 saturated heterocycles. The van der Waals surface area contributed by atoms with E-state index in [-0.39, 0.29) is 11.3 Å². The van der Waals surface area contributed by atoms with E-state index in [4.69, 9.17) is 0 Å². The minimum Gasteiger partial charge on any atom is -0.412 e. The summed E-state index contributed by atoms with van der Waals surface area (Å²) in [6.45, 7) is 3.06. The van der Waals surface area contributed by atoms with Crippen molar-refractivity contribution in [2.45, 2.75) is 13.8 Å². The highest BCUT2D eigenvalue weighted by Crippen LogP contribution is 1.79. The van der Waals surface area contributed by atoms with Gasteiger partial charge in [-0.1, -0.05) is 36.4 Å². The second kappa shape index (κ2) is 8.85. The quantitative estimate of drug-likeness (QED) is 0.558. The average Bonchev–Trinajstić information content (AvgIpc) is 1.90. The zero-order chi connectivity index (χ0) is 7.82. The molecule has 0 amide bonds. The smallest absolute Gasteiger partial charge is 0.126 e. The zero-order valence-corrected chi connectivity index (χ0v) is 6.87. The molecule has 0 unspecified atom stereocenters. The van der Waals surface area contributed by atoms with Crippen LogP contribution < -0.4 is 0 Å². The van der Waals surface area contributed by atoms with E-state index < -0.39 is 0 Å². The summed E-state index contributed by atoms with van der Waals surface area (Å²) in [6, 6.07) is 12.0. The first-order valence-corrected chi connectivity index (χ1v) is 3.20. The Morgan fingerprint density at radius 2 is 0.909 bits per heavy atom. The molecular weight excluding hydrogens is 140 g/mol. The van der Waals surface area contributed by atoms with Gasteiger partial charge in [0.1, 0.15) is 5.78 Å². The van der Waals surface area contributed by atoms with E-state index in [0.717, 1.165) is 0 Å². The molecular formula is C9H14O2. The fraction of sp³-hybridized carbons (Fsp3) is 0.222. The largest absolute Gasteiger partial charge is 0.412 e. The van der Waals surface area contributed by atoms with Crippen molar-refractivity contribution in [1.82, 2.24) is 0 Å². The highest BCUT2D eigenvalue weighted by atomic mass is 16.1. The fourth-order valence-electron chi connectivity index (χ4n) is 0.385. The Labute approximate surface area is 67.2 Å². The second-order valence-corrected chi connectivity index (χ2v) is 2.06. The molecule has 0 atom stereocenters. The van der Waals surface area contributed by atoms with Gasteiger partial charge in [0.2, 0.25) is 0 Å². The third-order valence-corrected chi connectivity index (χ3v) is 0.667. The summed E-state index contributed by atoms with van der Waals surface area (Å²) in [5, 5.41) is 0. The van der Waals surface area contributed by atoms with E-state index in [1.54, 1.807) is 0 Å². The Morgan fingerprint density at radius 1 is 0.818 bits per heavy atom. The van der Waals surface area contributed by atoms with Crippen molar-refractivity contribution >= 4 is 5.78 Å². The molecule has 0 aliphatic heterocycles. The molecule has 0 aliphatic rings. The van der Waals surface area contributed by atoms with Gasteiger partial charge in [-0.25, -0.2) is 0 Å². The first-order chi connectivity index (χ1) is 4.73. The SMILES string of the molecule is CC(C)=O.O.c1ccccc1. The predicted molar refractivity (Wildman–Crippen MR) is 46.4 cm³/mol. The van der Waals surface area contributed by atoms with E-state index in [1.807, 2.05) is 36.4 Å². The topological polar surface area (TPSA) is 48.6 Å². The normalized spacial score (nSPS) is 6.73. The van der Waals surface area contributed by atoms with Crippen molar-refractivity contribution in [1.29, 1.82) is 0 Å². The first kappa shape index (κ1) is 12.5. The van der Waals surface area contributed by atoms with Crippen LogP contribution in [0.25, 0.3) is 0 Å². The molecule has 2 nitrogen and oxygen atoms in total. The maximum atomic E-state index is 9.44. The standard InChI is InChI=1S/C6H6.C3H6O.H2O/c1-2-4-6-5-3-1;1-3(2)4;/h1-6H;1-2H3;1H2. The molecule has 0 aromatic heterocycles. The van der Waals surface area contributed by atoms with Gasteiger partial charge in [0.05, 0.1) is 0 Å². The summed E-state index contributed by atoms with van der Waals surface area (Å²) in [4.78, 5) is 9.44. The summed E-state index contributed by atoms with van der Waals surface area (Å²) in [5.74, 6) is 0.167. The molecule has 0 fully saturated rings. The van der Waals surface area contributed by atoms with Gasteiger partial charge >= 0.3 is 0 Å². The number of benzene rings is 1. The predicted octanol–water partition coefficient (Wildman–Crippen LogP) is 1.46. The van der Waals surface area contributed by atoms with Crippen molar-refractivity contribution in [3.8, 4) is 0 Å². The van der Waals surface area contributed by atoms with E-state index in [9.17, 15) is 4.79 Å². The minimum absolute atomic E-state index is 0. The highest BCUT2D eigenvalue weighted by molar-refractivity contribution is 5.72. The van der Waals surface area contributed by atoms with Crippen LogP contribution in [0.2, 0.25) is 0 Å². The monoisotopic (exact) mass is 154 g/mol. The van der Waals surface area contributed by atoms with Gasteiger partial charge in [-0.05, 0) is 13.8 Å². The average molecular weight is 154 g/mol. The molecule has 11 heavy (non-hydrogen) atoms. The number of hydrogen-bond donors (Lipinski definition) is 0. The molecule has 0 saturated carbocycles. The van der Waals surface area contributed by atoms with Crippen molar-refractivity contribution in [3.05, 3.63) is 36.4 Å². The molecule has 0 bridgehead atoms. The van der Waals surface area contributed by atoms with Crippen LogP contribution in [0.3, 0.4) is 0 Å². The molecule has 2 heteroatoms. The summed E-state index contributed by atoms with van der Waals surface area (Å²) < 4.78 is 0. The lowest BCUT2D eigenvalue weighted by atomic mass is 10.4. The van der Waals surface area contributed by atoms with E-state index in [2.05, 4.69) is 0 Å². The summed E-state index contributed by atoms with van der Waals surface area (Å²) in [7, 11) is 0. The number of rotatable bonds is 0. The molecule has 2 N–H and O–H groups in total. The van der Waals surface area contributed by atoms with Crippen molar-refractivity contribution < 1.29 is 10.3 Å². The Morgan fingerprint density at radius 3 is 1.00 bits per heavy atom. The number of hydrogen-bond acceptors (Lipinski definition) is 1. The maximum absolute atomic E-state index is 9.44. The van der Waals surface area contributed by atoms with Gasteiger partial charge in [-0.2, -0.15) is 0 Å². The van der Waals surface area contributed by atoms with E-state index in [1.165, 1.54) is 13.8 Å². The first-order valence-electron chi connectivity index (χ1n) is 3.20. The van der Waals surface area contributed by atoms with E-state index in [0.29, 0.717) is 0 Å². The molecule has 0 radical (unpaired) electrons. The van der Waals surface area contributed by atoms with Crippen molar-refractivity contribution in [3.63, 3.8) is 0 Å². The van der Waals surface area contributed by atoms with Crippen molar-refractivity contribution in [2.75, 3.05) is 0 Å². The maximum Gasteiger partial charge on any atom is 0.126 e. The molecule has 0 spiro atoms. The summed E-state index contributed by atoms with van der Waals surface area (Å²) in [5.41, 5.74) is 0. The van der Waals surface area contributed by atoms with Crippen LogP contribution in [0.5, 0.6) is 0 Å². The lowest BCUT2D eigenvalue weighted by Crippen LogP contribution is -1.69. The summed E-state index contributed by atoms with van der Waals surface area (Å²) >= 11 is 0. The Balaban J connectivity index is 0. The van der Waals surface area contributed by atoms with Crippen LogP contribution in [0, 0.1) is 0 Å². The number of carbonyl (C=O) groups is 1. The molecule has 0 aliphatic carbocycles. The van der Waals surface area contributed by atoms with Crippen molar-refractivity contribution in [2.24, 2.45) is 0 Å². The number of Topliss-reactive ketones (excluding diaryl/α,β-unsaturated/α-hetero) is 1. The van der Waals surface area contributed by atoms with Gasteiger partial charge < -0.3 is 10.3 Å².